The molecule has 0 saturated heterocycles. The Kier molecular flexibility index (Phi) is 8.00. The Morgan fingerprint density at radius 2 is 2.00 bits per heavy atom. The van der Waals surface area contributed by atoms with Crippen molar-refractivity contribution < 1.29 is 9.59 Å². The molecule has 0 unspecified atom stereocenters. The van der Waals surface area contributed by atoms with Gasteiger partial charge in [0.05, 0.1) is 6.54 Å². The molecular weight excluding hydrogens is 334 g/mol. The van der Waals surface area contributed by atoms with Crippen molar-refractivity contribution in [2.24, 2.45) is 5.92 Å². The first-order valence-electron chi connectivity index (χ1n) is 7.00. The number of benzene rings is 1. The van der Waals surface area contributed by atoms with Crippen molar-refractivity contribution in [3.05, 3.63) is 28.7 Å². The zero-order chi connectivity index (χ0) is 15.7. The Hall–Kier alpha value is -1.40. The van der Waals surface area contributed by atoms with E-state index in [1.165, 1.54) is 0 Å². The van der Waals surface area contributed by atoms with E-state index in [1.54, 1.807) is 0 Å². The molecule has 1 aromatic carbocycles. The maximum absolute atomic E-state index is 11.7. The van der Waals surface area contributed by atoms with Crippen LogP contribution in [0.4, 0.5) is 5.69 Å². The smallest absolute Gasteiger partial charge is 0.238 e. The number of hydrogen-bond acceptors (Lipinski definition) is 3. The molecule has 0 saturated carbocycles. The SMILES string of the molecule is CC(C)CNC(=O)CCNCC(=O)Nc1cccc(Br)c1. The summed E-state index contributed by atoms with van der Waals surface area (Å²) in [6, 6.07) is 7.40. The Balaban J connectivity index is 2.15. The molecule has 0 spiro atoms. The molecule has 0 radical (unpaired) electrons. The Morgan fingerprint density at radius 3 is 2.67 bits per heavy atom. The topological polar surface area (TPSA) is 70.2 Å². The Morgan fingerprint density at radius 1 is 1.24 bits per heavy atom. The summed E-state index contributed by atoms with van der Waals surface area (Å²) in [6.45, 7) is 5.44. The summed E-state index contributed by atoms with van der Waals surface area (Å²) >= 11 is 3.35. The van der Waals surface area contributed by atoms with Crippen LogP contribution in [-0.2, 0) is 9.59 Å². The fourth-order valence-corrected chi connectivity index (χ4v) is 1.98. The van der Waals surface area contributed by atoms with Gasteiger partial charge in [-0.1, -0.05) is 35.8 Å². The van der Waals surface area contributed by atoms with Gasteiger partial charge < -0.3 is 16.0 Å². The van der Waals surface area contributed by atoms with Crippen molar-refractivity contribution in [3.63, 3.8) is 0 Å². The predicted molar refractivity (Wildman–Crippen MR) is 88.1 cm³/mol. The van der Waals surface area contributed by atoms with Crippen molar-refractivity contribution in [1.82, 2.24) is 10.6 Å². The molecule has 0 aliphatic heterocycles. The van der Waals surface area contributed by atoms with Gasteiger partial charge in [-0.3, -0.25) is 9.59 Å². The van der Waals surface area contributed by atoms with Gasteiger partial charge >= 0.3 is 0 Å². The summed E-state index contributed by atoms with van der Waals surface area (Å²) in [6.07, 6.45) is 0.372. The van der Waals surface area contributed by atoms with Gasteiger partial charge in [0.1, 0.15) is 0 Å². The largest absolute Gasteiger partial charge is 0.356 e. The summed E-state index contributed by atoms with van der Waals surface area (Å²) in [5, 5.41) is 8.56. The molecule has 0 atom stereocenters. The zero-order valence-electron chi connectivity index (χ0n) is 12.4. The molecule has 5 nitrogen and oxygen atoms in total. The van der Waals surface area contributed by atoms with Crippen LogP contribution < -0.4 is 16.0 Å². The zero-order valence-corrected chi connectivity index (χ0v) is 14.0. The summed E-state index contributed by atoms with van der Waals surface area (Å²) in [7, 11) is 0. The van der Waals surface area contributed by atoms with E-state index < -0.39 is 0 Å². The van der Waals surface area contributed by atoms with Crippen LogP contribution in [0.25, 0.3) is 0 Å². The quantitative estimate of drug-likeness (QED) is 0.625. The summed E-state index contributed by atoms with van der Waals surface area (Å²) in [5.74, 6) is 0.317. The van der Waals surface area contributed by atoms with E-state index >= 15 is 0 Å². The minimum atomic E-state index is -0.129. The fraction of sp³-hybridized carbons (Fsp3) is 0.467. The number of carbonyl (C=O) groups excluding carboxylic acids is 2. The molecule has 0 aliphatic rings. The van der Waals surface area contributed by atoms with Crippen LogP contribution in [0.3, 0.4) is 0 Å². The monoisotopic (exact) mass is 355 g/mol. The highest BCUT2D eigenvalue weighted by Gasteiger charge is 2.04. The standard InChI is InChI=1S/C15H22BrN3O2/c1-11(2)9-18-14(20)6-7-17-10-15(21)19-13-5-3-4-12(16)8-13/h3-5,8,11,17H,6-7,9-10H2,1-2H3,(H,18,20)(H,19,21). The van der Waals surface area contributed by atoms with E-state index in [2.05, 4.69) is 31.9 Å². The second kappa shape index (κ2) is 9.52. The summed E-state index contributed by atoms with van der Waals surface area (Å²) in [4.78, 5) is 23.2. The number of amides is 2. The molecule has 116 valence electrons. The van der Waals surface area contributed by atoms with Gasteiger partial charge in [0.15, 0.2) is 0 Å². The molecule has 0 aliphatic carbocycles. The van der Waals surface area contributed by atoms with Gasteiger partial charge in [-0.05, 0) is 24.1 Å². The number of rotatable bonds is 8. The van der Waals surface area contributed by atoms with Crippen LogP contribution in [0.1, 0.15) is 20.3 Å². The van der Waals surface area contributed by atoms with Gasteiger partial charge in [-0.2, -0.15) is 0 Å². The molecule has 0 bridgehead atoms. The van der Waals surface area contributed by atoms with Gasteiger partial charge in [-0.15, -0.1) is 0 Å². The summed E-state index contributed by atoms with van der Waals surface area (Å²) in [5.41, 5.74) is 0.742. The van der Waals surface area contributed by atoms with Crippen molar-refractivity contribution >= 4 is 33.4 Å². The first-order chi connectivity index (χ1) is 9.97. The third-order valence-electron chi connectivity index (χ3n) is 2.63. The van der Waals surface area contributed by atoms with Crippen LogP contribution >= 0.6 is 15.9 Å². The normalized spacial score (nSPS) is 10.5. The minimum absolute atomic E-state index is 0.00333. The van der Waals surface area contributed by atoms with Gasteiger partial charge in [0.25, 0.3) is 0 Å². The van der Waals surface area contributed by atoms with Crippen LogP contribution in [0.5, 0.6) is 0 Å². The van der Waals surface area contributed by atoms with Gasteiger partial charge in [0, 0.05) is 29.7 Å². The lowest BCUT2D eigenvalue weighted by Crippen LogP contribution is -2.33. The second-order valence-electron chi connectivity index (χ2n) is 5.18. The van der Waals surface area contributed by atoms with E-state index in [-0.39, 0.29) is 18.4 Å². The third-order valence-corrected chi connectivity index (χ3v) is 3.12. The van der Waals surface area contributed by atoms with E-state index in [0.29, 0.717) is 25.4 Å². The first-order valence-corrected chi connectivity index (χ1v) is 7.79. The molecule has 0 heterocycles. The lowest BCUT2D eigenvalue weighted by atomic mass is 10.2. The highest BCUT2D eigenvalue weighted by Crippen LogP contribution is 2.15. The van der Waals surface area contributed by atoms with Crippen LogP contribution in [0.2, 0.25) is 0 Å². The van der Waals surface area contributed by atoms with Crippen LogP contribution in [-0.4, -0.2) is 31.4 Å². The average Bonchev–Trinajstić information content (AvgIpc) is 2.41. The molecule has 1 rings (SSSR count). The van der Waals surface area contributed by atoms with E-state index in [4.69, 9.17) is 0 Å². The Bertz CT molecular complexity index is 478. The molecule has 0 fully saturated rings. The van der Waals surface area contributed by atoms with Crippen LogP contribution in [0, 0.1) is 5.92 Å². The lowest BCUT2D eigenvalue weighted by Gasteiger charge is -2.09. The summed E-state index contributed by atoms with van der Waals surface area (Å²) < 4.78 is 0.912. The maximum Gasteiger partial charge on any atom is 0.238 e. The van der Waals surface area contributed by atoms with Crippen molar-refractivity contribution in [2.75, 3.05) is 25.0 Å². The maximum atomic E-state index is 11.7. The number of halogens is 1. The lowest BCUT2D eigenvalue weighted by molar-refractivity contribution is -0.121. The highest BCUT2D eigenvalue weighted by molar-refractivity contribution is 9.10. The molecule has 21 heavy (non-hydrogen) atoms. The molecule has 1 aromatic rings. The Labute approximate surface area is 134 Å². The molecule has 2 amide bonds. The van der Waals surface area contributed by atoms with E-state index in [9.17, 15) is 9.59 Å². The van der Waals surface area contributed by atoms with Crippen molar-refractivity contribution in [2.45, 2.75) is 20.3 Å². The van der Waals surface area contributed by atoms with Crippen molar-refractivity contribution in [3.8, 4) is 0 Å². The number of nitrogens with one attached hydrogen (secondary N) is 3. The van der Waals surface area contributed by atoms with Crippen LogP contribution in [0.15, 0.2) is 28.7 Å². The molecular formula is C15H22BrN3O2. The fourth-order valence-electron chi connectivity index (χ4n) is 1.58. The van der Waals surface area contributed by atoms with Gasteiger partial charge in [-0.25, -0.2) is 0 Å². The van der Waals surface area contributed by atoms with E-state index in [1.807, 2.05) is 38.1 Å². The van der Waals surface area contributed by atoms with E-state index in [0.717, 1.165) is 10.2 Å². The minimum Gasteiger partial charge on any atom is -0.356 e. The first kappa shape index (κ1) is 17.7. The highest BCUT2D eigenvalue weighted by atomic mass is 79.9. The van der Waals surface area contributed by atoms with Gasteiger partial charge in [0.2, 0.25) is 11.8 Å². The average molecular weight is 356 g/mol. The third kappa shape index (κ3) is 8.47. The predicted octanol–water partition coefficient (Wildman–Crippen LogP) is 2.14. The molecule has 6 heteroatoms. The molecule has 3 N–H and O–H groups in total. The molecule has 0 aromatic heterocycles. The van der Waals surface area contributed by atoms with Crippen molar-refractivity contribution in [1.29, 1.82) is 0 Å². The number of carbonyl (C=O) groups is 2. The number of hydrogen-bond donors (Lipinski definition) is 3. The number of anilines is 1. The second-order valence-corrected chi connectivity index (χ2v) is 6.10.